The fourth-order valence-corrected chi connectivity index (χ4v) is 1.73. The fourth-order valence-electron chi connectivity index (χ4n) is 1.73. The van der Waals surface area contributed by atoms with E-state index in [4.69, 9.17) is 10.3 Å². The van der Waals surface area contributed by atoms with Crippen molar-refractivity contribution < 1.29 is 4.52 Å². The SMILES string of the molecule is CC(C)c1noc(CCCc2ccc(N)cc2)n1. The zero-order chi connectivity index (χ0) is 13.0. The Morgan fingerprint density at radius 3 is 2.50 bits per heavy atom. The van der Waals surface area contributed by atoms with Crippen LogP contribution in [-0.4, -0.2) is 10.1 Å². The molecule has 0 saturated carbocycles. The lowest BCUT2D eigenvalue weighted by molar-refractivity contribution is 0.369. The molecule has 0 spiro atoms. The second-order valence-corrected chi connectivity index (χ2v) is 4.80. The van der Waals surface area contributed by atoms with E-state index >= 15 is 0 Å². The summed E-state index contributed by atoms with van der Waals surface area (Å²) in [5.74, 6) is 1.84. The first-order valence-electron chi connectivity index (χ1n) is 6.32. The Morgan fingerprint density at radius 1 is 1.17 bits per heavy atom. The average molecular weight is 245 g/mol. The van der Waals surface area contributed by atoms with Gasteiger partial charge in [0.05, 0.1) is 0 Å². The van der Waals surface area contributed by atoms with Crippen LogP contribution in [0, 0.1) is 0 Å². The molecule has 0 aliphatic heterocycles. The van der Waals surface area contributed by atoms with E-state index in [9.17, 15) is 0 Å². The highest BCUT2D eigenvalue weighted by Gasteiger charge is 2.09. The third-order valence-electron chi connectivity index (χ3n) is 2.84. The Balaban J connectivity index is 1.82. The van der Waals surface area contributed by atoms with Crippen LogP contribution in [0.1, 0.15) is 43.5 Å². The highest BCUT2D eigenvalue weighted by molar-refractivity contribution is 5.39. The Morgan fingerprint density at radius 2 is 1.89 bits per heavy atom. The average Bonchev–Trinajstić information content (AvgIpc) is 2.81. The van der Waals surface area contributed by atoms with E-state index in [0.717, 1.165) is 36.7 Å². The van der Waals surface area contributed by atoms with Crippen molar-refractivity contribution in [1.29, 1.82) is 0 Å². The van der Waals surface area contributed by atoms with Gasteiger partial charge in [-0.3, -0.25) is 0 Å². The molecule has 2 aromatic rings. The largest absolute Gasteiger partial charge is 0.399 e. The standard InChI is InChI=1S/C14H19N3O/c1-10(2)14-16-13(18-17-14)5-3-4-11-6-8-12(15)9-7-11/h6-10H,3-5,15H2,1-2H3. The maximum absolute atomic E-state index is 5.64. The number of anilines is 1. The smallest absolute Gasteiger partial charge is 0.226 e. The maximum Gasteiger partial charge on any atom is 0.226 e. The molecule has 4 nitrogen and oxygen atoms in total. The summed E-state index contributed by atoms with van der Waals surface area (Å²) in [5, 5.41) is 3.95. The van der Waals surface area contributed by atoms with E-state index in [2.05, 4.69) is 36.1 Å². The number of nitrogen functional groups attached to an aromatic ring is 1. The first kappa shape index (κ1) is 12.6. The molecule has 1 heterocycles. The minimum Gasteiger partial charge on any atom is -0.399 e. The monoisotopic (exact) mass is 245 g/mol. The van der Waals surface area contributed by atoms with E-state index in [1.54, 1.807) is 0 Å². The van der Waals surface area contributed by atoms with E-state index in [-0.39, 0.29) is 0 Å². The van der Waals surface area contributed by atoms with Crippen LogP contribution in [0.2, 0.25) is 0 Å². The number of hydrogen-bond donors (Lipinski definition) is 1. The van der Waals surface area contributed by atoms with Crippen molar-refractivity contribution in [2.45, 2.75) is 39.0 Å². The lowest BCUT2D eigenvalue weighted by Gasteiger charge is -2.00. The van der Waals surface area contributed by atoms with Gasteiger partial charge in [-0.2, -0.15) is 4.98 Å². The summed E-state index contributed by atoms with van der Waals surface area (Å²) in [6, 6.07) is 7.98. The van der Waals surface area contributed by atoms with Crippen LogP contribution in [0.3, 0.4) is 0 Å². The van der Waals surface area contributed by atoms with Crippen molar-refractivity contribution in [3.8, 4) is 0 Å². The molecular formula is C14H19N3O. The third-order valence-corrected chi connectivity index (χ3v) is 2.84. The van der Waals surface area contributed by atoms with Crippen molar-refractivity contribution in [2.24, 2.45) is 0 Å². The van der Waals surface area contributed by atoms with Crippen molar-refractivity contribution in [3.05, 3.63) is 41.5 Å². The summed E-state index contributed by atoms with van der Waals surface area (Å²) >= 11 is 0. The quantitative estimate of drug-likeness (QED) is 0.822. The van der Waals surface area contributed by atoms with Gasteiger partial charge in [0.1, 0.15) is 0 Å². The highest BCUT2D eigenvalue weighted by Crippen LogP contribution is 2.12. The minimum absolute atomic E-state index is 0.319. The first-order valence-corrected chi connectivity index (χ1v) is 6.32. The normalized spacial score (nSPS) is 11.1. The zero-order valence-corrected chi connectivity index (χ0v) is 10.9. The summed E-state index contributed by atoms with van der Waals surface area (Å²) in [7, 11) is 0. The number of nitrogens with two attached hydrogens (primary N) is 1. The molecule has 96 valence electrons. The highest BCUT2D eigenvalue weighted by atomic mass is 16.5. The van der Waals surface area contributed by atoms with Crippen molar-refractivity contribution in [1.82, 2.24) is 10.1 Å². The van der Waals surface area contributed by atoms with Gasteiger partial charge in [0.25, 0.3) is 0 Å². The predicted molar refractivity (Wildman–Crippen MR) is 71.3 cm³/mol. The van der Waals surface area contributed by atoms with Gasteiger partial charge in [-0.1, -0.05) is 31.1 Å². The molecule has 18 heavy (non-hydrogen) atoms. The molecule has 0 fully saturated rings. The van der Waals surface area contributed by atoms with Crippen molar-refractivity contribution >= 4 is 5.69 Å². The predicted octanol–water partition coefficient (Wildman–Crippen LogP) is 2.95. The molecule has 0 bridgehead atoms. The molecule has 0 atom stereocenters. The number of rotatable bonds is 5. The number of aryl methyl sites for hydroxylation is 2. The molecule has 0 aliphatic rings. The fraction of sp³-hybridized carbons (Fsp3) is 0.429. The number of aromatic nitrogens is 2. The van der Waals surface area contributed by atoms with Crippen LogP contribution in [-0.2, 0) is 12.8 Å². The second-order valence-electron chi connectivity index (χ2n) is 4.80. The van der Waals surface area contributed by atoms with E-state index < -0.39 is 0 Å². The van der Waals surface area contributed by atoms with Gasteiger partial charge in [-0.25, -0.2) is 0 Å². The maximum atomic E-state index is 5.64. The van der Waals surface area contributed by atoms with Crippen LogP contribution in [0.25, 0.3) is 0 Å². The van der Waals surface area contributed by atoms with E-state index in [1.807, 2.05) is 12.1 Å². The van der Waals surface area contributed by atoms with Crippen molar-refractivity contribution in [3.63, 3.8) is 0 Å². The Labute approximate surface area is 107 Å². The molecule has 2 rings (SSSR count). The molecule has 0 unspecified atom stereocenters. The molecular weight excluding hydrogens is 226 g/mol. The van der Waals surface area contributed by atoms with Gasteiger partial charge in [-0.05, 0) is 30.5 Å². The Bertz CT molecular complexity index is 488. The topological polar surface area (TPSA) is 64.9 Å². The van der Waals surface area contributed by atoms with Gasteiger partial charge in [0, 0.05) is 18.0 Å². The molecule has 0 radical (unpaired) electrons. The summed E-state index contributed by atoms with van der Waals surface area (Å²) in [6.07, 6.45) is 2.83. The van der Waals surface area contributed by atoms with E-state index in [1.165, 1.54) is 5.56 Å². The number of benzene rings is 1. The molecule has 0 aliphatic carbocycles. The molecule has 1 aromatic carbocycles. The molecule has 2 N–H and O–H groups in total. The molecule has 4 heteroatoms. The Hall–Kier alpha value is -1.84. The summed E-state index contributed by atoms with van der Waals surface area (Å²) in [6.45, 7) is 4.12. The molecule has 0 saturated heterocycles. The summed E-state index contributed by atoms with van der Waals surface area (Å²) in [5.41, 5.74) is 7.73. The van der Waals surface area contributed by atoms with Gasteiger partial charge >= 0.3 is 0 Å². The van der Waals surface area contributed by atoms with Crippen LogP contribution in [0.5, 0.6) is 0 Å². The van der Waals surface area contributed by atoms with Gasteiger partial charge in [-0.15, -0.1) is 0 Å². The van der Waals surface area contributed by atoms with Crippen LogP contribution in [0.15, 0.2) is 28.8 Å². The lowest BCUT2D eigenvalue weighted by Crippen LogP contribution is -1.93. The van der Waals surface area contributed by atoms with Gasteiger partial charge < -0.3 is 10.3 Å². The van der Waals surface area contributed by atoms with Gasteiger partial charge in [0.15, 0.2) is 5.82 Å². The second kappa shape index (κ2) is 5.67. The van der Waals surface area contributed by atoms with Gasteiger partial charge in [0.2, 0.25) is 5.89 Å². The van der Waals surface area contributed by atoms with Crippen LogP contribution < -0.4 is 5.73 Å². The van der Waals surface area contributed by atoms with E-state index in [0.29, 0.717) is 5.92 Å². The van der Waals surface area contributed by atoms with Crippen LogP contribution >= 0.6 is 0 Å². The Kier molecular flexibility index (Phi) is 3.97. The summed E-state index contributed by atoms with van der Waals surface area (Å²) in [4.78, 5) is 4.36. The first-order chi connectivity index (χ1) is 8.65. The third kappa shape index (κ3) is 3.32. The number of hydrogen-bond acceptors (Lipinski definition) is 4. The van der Waals surface area contributed by atoms with Crippen molar-refractivity contribution in [2.75, 3.05) is 5.73 Å². The lowest BCUT2D eigenvalue weighted by atomic mass is 10.1. The zero-order valence-electron chi connectivity index (χ0n) is 10.9. The van der Waals surface area contributed by atoms with Crippen LogP contribution in [0.4, 0.5) is 5.69 Å². The summed E-state index contributed by atoms with van der Waals surface area (Å²) < 4.78 is 5.20. The minimum atomic E-state index is 0.319. The molecule has 1 aromatic heterocycles. The molecule has 0 amide bonds. The number of nitrogens with zero attached hydrogens (tertiary/aromatic N) is 2.